The molecular formula is C16H23FN2O. The third kappa shape index (κ3) is 4.93. The van der Waals surface area contributed by atoms with E-state index in [2.05, 4.69) is 10.6 Å². The van der Waals surface area contributed by atoms with Gasteiger partial charge in [-0.15, -0.1) is 0 Å². The minimum atomic E-state index is -0.323. The Bertz CT molecular complexity index is 411. The molecule has 0 atom stereocenters. The van der Waals surface area contributed by atoms with Crippen LogP contribution in [0.15, 0.2) is 24.3 Å². The summed E-state index contributed by atoms with van der Waals surface area (Å²) in [4.78, 5) is 11.8. The van der Waals surface area contributed by atoms with Crippen LogP contribution in [0.4, 0.5) is 4.39 Å². The van der Waals surface area contributed by atoms with E-state index in [0.29, 0.717) is 18.2 Å². The predicted octanol–water partition coefficient (Wildman–Crippen LogP) is 2.87. The molecular weight excluding hydrogens is 255 g/mol. The Kier molecular flexibility index (Phi) is 5.99. The fourth-order valence-electron chi connectivity index (χ4n) is 2.64. The lowest BCUT2D eigenvalue weighted by Gasteiger charge is -2.16. The van der Waals surface area contributed by atoms with E-state index < -0.39 is 0 Å². The van der Waals surface area contributed by atoms with Crippen molar-refractivity contribution in [1.29, 1.82) is 0 Å². The molecule has 0 spiro atoms. The maximum absolute atomic E-state index is 12.8. The second kappa shape index (κ2) is 8.00. The Morgan fingerprint density at radius 2 is 1.70 bits per heavy atom. The van der Waals surface area contributed by atoms with Crippen LogP contribution in [0.25, 0.3) is 0 Å². The number of halogens is 1. The third-order valence-corrected chi connectivity index (χ3v) is 3.81. The van der Waals surface area contributed by atoms with E-state index in [4.69, 9.17) is 0 Å². The van der Waals surface area contributed by atoms with Crippen LogP contribution in [0.5, 0.6) is 0 Å². The van der Waals surface area contributed by atoms with Gasteiger partial charge < -0.3 is 10.6 Å². The molecule has 1 aromatic carbocycles. The number of rotatable bonds is 5. The van der Waals surface area contributed by atoms with Crippen molar-refractivity contribution in [3.63, 3.8) is 0 Å². The first-order valence-electron chi connectivity index (χ1n) is 7.53. The lowest BCUT2D eigenvalue weighted by atomic mass is 10.1. The van der Waals surface area contributed by atoms with Crippen molar-refractivity contribution in [2.24, 2.45) is 0 Å². The van der Waals surface area contributed by atoms with Crippen molar-refractivity contribution in [2.75, 3.05) is 13.1 Å². The summed E-state index contributed by atoms with van der Waals surface area (Å²) in [6, 6.07) is 6.21. The van der Waals surface area contributed by atoms with Gasteiger partial charge in [0.25, 0.3) is 5.91 Å². The summed E-state index contributed by atoms with van der Waals surface area (Å²) < 4.78 is 12.8. The molecule has 1 aromatic rings. The zero-order valence-electron chi connectivity index (χ0n) is 11.8. The van der Waals surface area contributed by atoms with Crippen molar-refractivity contribution in [2.45, 2.75) is 44.6 Å². The molecule has 0 bridgehead atoms. The molecule has 1 amide bonds. The standard InChI is InChI=1S/C16H23FN2O/c17-14-9-7-13(8-10-14)16(20)19-12-11-18-15-5-3-1-2-4-6-15/h7-10,15,18H,1-6,11-12H2,(H,19,20). The maximum Gasteiger partial charge on any atom is 0.251 e. The van der Waals surface area contributed by atoms with Crippen LogP contribution in [0.3, 0.4) is 0 Å². The van der Waals surface area contributed by atoms with Gasteiger partial charge in [0.05, 0.1) is 0 Å². The first kappa shape index (κ1) is 15.0. The van der Waals surface area contributed by atoms with E-state index in [1.807, 2.05) is 0 Å². The van der Waals surface area contributed by atoms with Crippen LogP contribution in [0.2, 0.25) is 0 Å². The summed E-state index contributed by atoms with van der Waals surface area (Å²) >= 11 is 0. The average Bonchev–Trinajstić information content (AvgIpc) is 2.73. The van der Waals surface area contributed by atoms with Crippen molar-refractivity contribution in [1.82, 2.24) is 10.6 Å². The molecule has 0 unspecified atom stereocenters. The number of hydrogen-bond donors (Lipinski definition) is 2. The zero-order valence-corrected chi connectivity index (χ0v) is 11.8. The quantitative estimate of drug-likeness (QED) is 0.642. The largest absolute Gasteiger partial charge is 0.351 e. The number of carbonyl (C=O) groups is 1. The minimum absolute atomic E-state index is 0.146. The van der Waals surface area contributed by atoms with E-state index in [-0.39, 0.29) is 11.7 Å². The van der Waals surface area contributed by atoms with Gasteiger partial charge in [-0.1, -0.05) is 25.7 Å². The third-order valence-electron chi connectivity index (χ3n) is 3.81. The smallest absolute Gasteiger partial charge is 0.251 e. The monoisotopic (exact) mass is 278 g/mol. The highest BCUT2D eigenvalue weighted by molar-refractivity contribution is 5.94. The van der Waals surface area contributed by atoms with Crippen LogP contribution in [0.1, 0.15) is 48.9 Å². The lowest BCUT2D eigenvalue weighted by Crippen LogP contribution is -2.36. The van der Waals surface area contributed by atoms with E-state index in [0.717, 1.165) is 6.54 Å². The van der Waals surface area contributed by atoms with Gasteiger partial charge in [0, 0.05) is 24.7 Å². The average molecular weight is 278 g/mol. The summed E-state index contributed by atoms with van der Waals surface area (Å²) in [5.41, 5.74) is 0.501. The number of nitrogens with one attached hydrogen (secondary N) is 2. The molecule has 110 valence electrons. The van der Waals surface area contributed by atoms with Gasteiger partial charge in [0.1, 0.15) is 5.82 Å². The second-order valence-corrected chi connectivity index (χ2v) is 5.41. The number of carbonyl (C=O) groups excluding carboxylic acids is 1. The van der Waals surface area contributed by atoms with Crippen LogP contribution in [-0.4, -0.2) is 25.0 Å². The van der Waals surface area contributed by atoms with E-state index >= 15 is 0 Å². The molecule has 2 N–H and O–H groups in total. The fourth-order valence-corrected chi connectivity index (χ4v) is 2.64. The molecule has 1 aliphatic carbocycles. The van der Waals surface area contributed by atoms with Gasteiger partial charge in [-0.05, 0) is 37.1 Å². The van der Waals surface area contributed by atoms with Gasteiger partial charge in [0.15, 0.2) is 0 Å². The molecule has 4 heteroatoms. The van der Waals surface area contributed by atoms with Gasteiger partial charge in [0.2, 0.25) is 0 Å². The predicted molar refractivity (Wildman–Crippen MR) is 78.2 cm³/mol. The number of hydrogen-bond acceptors (Lipinski definition) is 2. The fraction of sp³-hybridized carbons (Fsp3) is 0.562. The molecule has 0 saturated heterocycles. The number of benzene rings is 1. The molecule has 1 saturated carbocycles. The molecule has 3 nitrogen and oxygen atoms in total. The van der Waals surface area contributed by atoms with Gasteiger partial charge in [-0.25, -0.2) is 4.39 Å². The molecule has 0 aromatic heterocycles. The van der Waals surface area contributed by atoms with Crippen LogP contribution in [0, 0.1) is 5.82 Å². The van der Waals surface area contributed by atoms with Crippen LogP contribution < -0.4 is 10.6 Å². The van der Waals surface area contributed by atoms with Gasteiger partial charge in [-0.3, -0.25) is 4.79 Å². The molecule has 0 heterocycles. The molecule has 0 aliphatic heterocycles. The highest BCUT2D eigenvalue weighted by Gasteiger charge is 2.11. The van der Waals surface area contributed by atoms with Crippen LogP contribution >= 0.6 is 0 Å². The van der Waals surface area contributed by atoms with Gasteiger partial charge in [-0.2, -0.15) is 0 Å². The summed E-state index contributed by atoms with van der Waals surface area (Å²) in [7, 11) is 0. The highest BCUT2D eigenvalue weighted by atomic mass is 19.1. The molecule has 1 aliphatic rings. The second-order valence-electron chi connectivity index (χ2n) is 5.41. The number of amides is 1. The Morgan fingerprint density at radius 1 is 1.05 bits per heavy atom. The van der Waals surface area contributed by atoms with Crippen LogP contribution in [-0.2, 0) is 0 Å². The molecule has 20 heavy (non-hydrogen) atoms. The first-order chi connectivity index (χ1) is 9.75. The molecule has 1 fully saturated rings. The first-order valence-corrected chi connectivity index (χ1v) is 7.53. The van der Waals surface area contributed by atoms with Crippen molar-refractivity contribution in [3.8, 4) is 0 Å². The van der Waals surface area contributed by atoms with Crippen molar-refractivity contribution in [3.05, 3.63) is 35.6 Å². The normalized spacial score (nSPS) is 16.6. The van der Waals surface area contributed by atoms with Crippen molar-refractivity contribution >= 4 is 5.91 Å². The SMILES string of the molecule is O=C(NCCNC1CCCCCC1)c1ccc(F)cc1. The highest BCUT2D eigenvalue weighted by Crippen LogP contribution is 2.16. The van der Waals surface area contributed by atoms with Crippen molar-refractivity contribution < 1.29 is 9.18 Å². The minimum Gasteiger partial charge on any atom is -0.351 e. The zero-order chi connectivity index (χ0) is 14.2. The Labute approximate surface area is 120 Å². The topological polar surface area (TPSA) is 41.1 Å². The molecule has 2 rings (SSSR count). The Hall–Kier alpha value is -1.42. The summed E-state index contributed by atoms with van der Waals surface area (Å²) in [6.07, 6.45) is 7.79. The Morgan fingerprint density at radius 3 is 2.35 bits per heavy atom. The maximum atomic E-state index is 12.8. The Balaban J connectivity index is 1.65. The van der Waals surface area contributed by atoms with E-state index in [1.165, 1.54) is 62.8 Å². The summed E-state index contributed by atoms with van der Waals surface area (Å²) in [5.74, 6) is -0.468. The summed E-state index contributed by atoms with van der Waals surface area (Å²) in [5, 5.41) is 6.35. The summed E-state index contributed by atoms with van der Waals surface area (Å²) in [6.45, 7) is 1.39. The molecule has 0 radical (unpaired) electrons. The van der Waals surface area contributed by atoms with Gasteiger partial charge >= 0.3 is 0 Å². The van der Waals surface area contributed by atoms with E-state index in [1.54, 1.807) is 0 Å². The lowest BCUT2D eigenvalue weighted by molar-refractivity contribution is 0.0953. The van der Waals surface area contributed by atoms with E-state index in [9.17, 15) is 9.18 Å².